The molecule has 0 atom stereocenters. The van der Waals surface area contributed by atoms with Crippen LogP contribution in [0.5, 0.6) is 0 Å². The van der Waals surface area contributed by atoms with E-state index in [4.69, 9.17) is 0 Å². The lowest BCUT2D eigenvalue weighted by Crippen LogP contribution is -2.35. The third kappa shape index (κ3) is 3.38. The highest BCUT2D eigenvalue weighted by molar-refractivity contribution is 5.73. The third-order valence-electron chi connectivity index (χ3n) is 3.67. The molecule has 2 N–H and O–H groups in total. The van der Waals surface area contributed by atoms with Gasteiger partial charge in [0.05, 0.1) is 24.6 Å². The van der Waals surface area contributed by atoms with E-state index in [0.717, 1.165) is 22.9 Å². The Morgan fingerprint density at radius 2 is 1.91 bits per heavy atom. The van der Waals surface area contributed by atoms with Gasteiger partial charge in [0.25, 0.3) is 0 Å². The normalized spacial score (nSPS) is 10.6. The monoisotopic (exact) mass is 305 g/mol. The largest absolute Gasteiger partial charge is 0.348 e. The smallest absolute Gasteiger partial charge is 0.315 e. The van der Waals surface area contributed by atoms with Crippen LogP contribution in [-0.2, 0) is 27.2 Å². The summed E-state index contributed by atoms with van der Waals surface area (Å²) in [7, 11) is 7.67. The minimum Gasteiger partial charge on any atom is -0.348 e. The van der Waals surface area contributed by atoms with Crippen LogP contribution in [0.25, 0.3) is 0 Å². The second-order valence-electron chi connectivity index (χ2n) is 5.42. The number of hydrogen-bond acceptors (Lipinski definition) is 4. The van der Waals surface area contributed by atoms with Crippen molar-refractivity contribution < 1.29 is 4.79 Å². The van der Waals surface area contributed by atoms with Crippen molar-refractivity contribution in [3.05, 3.63) is 29.3 Å². The number of carbonyl (C=O) groups excluding carboxylic acids is 1. The second-order valence-corrected chi connectivity index (χ2v) is 5.42. The molecule has 0 aliphatic rings. The molecule has 8 heteroatoms. The first kappa shape index (κ1) is 15.9. The van der Waals surface area contributed by atoms with Crippen LogP contribution in [0.15, 0.2) is 12.4 Å². The van der Waals surface area contributed by atoms with Crippen LogP contribution in [0, 0.1) is 6.92 Å². The summed E-state index contributed by atoms with van der Waals surface area (Å²) in [6, 6.07) is -0.212. The van der Waals surface area contributed by atoms with E-state index >= 15 is 0 Å². The first-order valence-corrected chi connectivity index (χ1v) is 7.07. The molecule has 0 radical (unpaired) electrons. The molecule has 0 spiro atoms. The van der Waals surface area contributed by atoms with Gasteiger partial charge in [-0.05, 0) is 6.92 Å². The number of aromatic nitrogens is 4. The first-order valence-electron chi connectivity index (χ1n) is 7.07. The number of nitrogens with zero attached hydrogens (tertiary/aromatic N) is 5. The van der Waals surface area contributed by atoms with Gasteiger partial charge >= 0.3 is 6.03 Å². The summed E-state index contributed by atoms with van der Waals surface area (Å²) in [6.07, 6.45) is 3.53. The zero-order valence-electron chi connectivity index (χ0n) is 13.7. The lowest BCUT2D eigenvalue weighted by atomic mass is 10.2. The standard InChI is InChI=1S/C14H23N7O/c1-10-11(7-18-21(10)5)6-15-13(22)16-8-12-9-17-14(19(2)3)20(12)4/h7,9H,6,8H2,1-5H3,(H2,15,16,22). The molecule has 0 bridgehead atoms. The molecule has 0 saturated heterocycles. The maximum Gasteiger partial charge on any atom is 0.315 e. The fourth-order valence-corrected chi connectivity index (χ4v) is 2.14. The van der Waals surface area contributed by atoms with Gasteiger partial charge in [-0.1, -0.05) is 0 Å². The van der Waals surface area contributed by atoms with E-state index in [1.807, 2.05) is 44.6 Å². The van der Waals surface area contributed by atoms with Gasteiger partial charge in [0.15, 0.2) is 0 Å². The SMILES string of the molecule is Cc1c(CNC(=O)NCc2cnc(N(C)C)n2C)cnn1C. The maximum absolute atomic E-state index is 11.9. The van der Waals surface area contributed by atoms with E-state index in [0.29, 0.717) is 13.1 Å². The minimum atomic E-state index is -0.212. The summed E-state index contributed by atoms with van der Waals surface area (Å²) in [4.78, 5) is 18.1. The third-order valence-corrected chi connectivity index (χ3v) is 3.67. The molecule has 0 saturated carbocycles. The Morgan fingerprint density at radius 3 is 2.45 bits per heavy atom. The molecule has 8 nitrogen and oxygen atoms in total. The average Bonchev–Trinajstić information content (AvgIpc) is 2.99. The van der Waals surface area contributed by atoms with Crippen LogP contribution in [0.1, 0.15) is 17.0 Å². The highest BCUT2D eigenvalue weighted by Crippen LogP contribution is 2.10. The van der Waals surface area contributed by atoms with Gasteiger partial charge in [-0.15, -0.1) is 0 Å². The minimum absolute atomic E-state index is 0.212. The lowest BCUT2D eigenvalue weighted by molar-refractivity contribution is 0.240. The number of carbonyl (C=O) groups is 1. The number of rotatable bonds is 5. The van der Waals surface area contributed by atoms with E-state index < -0.39 is 0 Å². The van der Waals surface area contributed by atoms with Crippen LogP contribution in [0.3, 0.4) is 0 Å². The molecule has 0 fully saturated rings. The number of aryl methyl sites for hydroxylation is 1. The predicted octanol–water partition coefficient (Wildman–Crippen LogP) is 0.527. The van der Waals surface area contributed by atoms with Crippen molar-refractivity contribution >= 4 is 12.0 Å². The summed E-state index contributed by atoms with van der Waals surface area (Å²) in [5.74, 6) is 0.850. The Kier molecular flexibility index (Phi) is 4.69. The Balaban J connectivity index is 1.84. The molecule has 2 rings (SSSR count). The van der Waals surface area contributed by atoms with Crippen molar-refractivity contribution in [2.75, 3.05) is 19.0 Å². The molecule has 0 aliphatic carbocycles. The molecule has 2 amide bonds. The van der Waals surface area contributed by atoms with Crippen LogP contribution >= 0.6 is 0 Å². The highest BCUT2D eigenvalue weighted by Gasteiger charge is 2.10. The maximum atomic E-state index is 11.9. The van der Waals surface area contributed by atoms with Crippen LogP contribution in [0.2, 0.25) is 0 Å². The summed E-state index contributed by atoms with van der Waals surface area (Å²) in [5.41, 5.74) is 2.99. The van der Waals surface area contributed by atoms with Crippen molar-refractivity contribution in [1.82, 2.24) is 30.0 Å². The van der Waals surface area contributed by atoms with E-state index in [2.05, 4.69) is 20.7 Å². The topological polar surface area (TPSA) is 80.0 Å². The summed E-state index contributed by atoms with van der Waals surface area (Å²) >= 11 is 0. The number of amides is 2. The van der Waals surface area contributed by atoms with E-state index in [-0.39, 0.29) is 6.03 Å². The molecular weight excluding hydrogens is 282 g/mol. The average molecular weight is 305 g/mol. The van der Waals surface area contributed by atoms with Gasteiger partial charge < -0.3 is 20.1 Å². The quantitative estimate of drug-likeness (QED) is 0.844. The van der Waals surface area contributed by atoms with Crippen molar-refractivity contribution in [3.8, 4) is 0 Å². The number of anilines is 1. The van der Waals surface area contributed by atoms with Gasteiger partial charge in [0.1, 0.15) is 0 Å². The van der Waals surface area contributed by atoms with Gasteiger partial charge in [0.2, 0.25) is 5.95 Å². The van der Waals surface area contributed by atoms with E-state index in [9.17, 15) is 4.79 Å². The van der Waals surface area contributed by atoms with Crippen molar-refractivity contribution in [2.24, 2.45) is 14.1 Å². The van der Waals surface area contributed by atoms with Gasteiger partial charge in [-0.3, -0.25) is 4.68 Å². The molecule has 2 aromatic heterocycles. The van der Waals surface area contributed by atoms with Gasteiger partial charge in [-0.2, -0.15) is 5.10 Å². The van der Waals surface area contributed by atoms with Crippen LogP contribution < -0.4 is 15.5 Å². The number of urea groups is 1. The Labute approximate surface area is 130 Å². The van der Waals surface area contributed by atoms with Crippen molar-refractivity contribution in [2.45, 2.75) is 20.0 Å². The number of nitrogens with one attached hydrogen (secondary N) is 2. The van der Waals surface area contributed by atoms with E-state index in [1.165, 1.54) is 0 Å². The highest BCUT2D eigenvalue weighted by atomic mass is 16.2. The Hall–Kier alpha value is -2.51. The number of imidazole rings is 1. The van der Waals surface area contributed by atoms with E-state index in [1.54, 1.807) is 17.1 Å². The lowest BCUT2D eigenvalue weighted by Gasteiger charge is -2.13. The fraction of sp³-hybridized carbons (Fsp3) is 0.500. The summed E-state index contributed by atoms with van der Waals surface area (Å²) < 4.78 is 3.73. The Morgan fingerprint density at radius 1 is 1.23 bits per heavy atom. The van der Waals surface area contributed by atoms with Gasteiger partial charge in [0, 0.05) is 46.0 Å². The molecule has 0 aliphatic heterocycles. The van der Waals surface area contributed by atoms with Crippen LogP contribution in [-0.4, -0.2) is 39.5 Å². The zero-order valence-corrected chi connectivity index (χ0v) is 13.7. The van der Waals surface area contributed by atoms with Gasteiger partial charge in [-0.25, -0.2) is 9.78 Å². The Bertz CT molecular complexity index is 656. The van der Waals surface area contributed by atoms with Crippen molar-refractivity contribution in [1.29, 1.82) is 0 Å². The summed E-state index contributed by atoms with van der Waals surface area (Å²) in [6.45, 7) is 2.86. The van der Waals surface area contributed by atoms with Crippen LogP contribution in [0.4, 0.5) is 10.7 Å². The fourth-order valence-electron chi connectivity index (χ4n) is 2.14. The van der Waals surface area contributed by atoms with Crippen molar-refractivity contribution in [3.63, 3.8) is 0 Å². The molecule has 0 aromatic carbocycles. The molecule has 2 heterocycles. The first-order chi connectivity index (χ1) is 10.4. The molecule has 22 heavy (non-hydrogen) atoms. The molecule has 2 aromatic rings. The zero-order chi connectivity index (χ0) is 16.3. The second kappa shape index (κ2) is 6.50. The molecular formula is C14H23N7O. The molecule has 120 valence electrons. The number of hydrogen-bond donors (Lipinski definition) is 2. The predicted molar refractivity (Wildman–Crippen MR) is 84.6 cm³/mol. The summed E-state index contributed by atoms with van der Waals surface area (Å²) in [5, 5.41) is 9.81. The molecule has 0 unspecified atom stereocenters.